The van der Waals surface area contributed by atoms with E-state index in [9.17, 15) is 0 Å². The minimum Gasteiger partial charge on any atom is -0.367 e. The van der Waals surface area contributed by atoms with E-state index in [0.717, 1.165) is 0 Å². The summed E-state index contributed by atoms with van der Waals surface area (Å²) in [6.45, 7) is 6.49. The third-order valence-electron chi connectivity index (χ3n) is 4.67. The van der Waals surface area contributed by atoms with E-state index in [0.29, 0.717) is 12.4 Å². The molecular weight excluding hydrogens is 410 g/mol. The van der Waals surface area contributed by atoms with E-state index >= 15 is 8.78 Å². The van der Waals surface area contributed by atoms with Gasteiger partial charge in [-0.05, 0) is 39.1 Å². The lowest BCUT2D eigenvalue weighted by molar-refractivity contribution is 0.464. The van der Waals surface area contributed by atoms with Crippen molar-refractivity contribution in [1.29, 1.82) is 0 Å². The van der Waals surface area contributed by atoms with Gasteiger partial charge < -0.3 is 5.32 Å². The molecule has 30 heavy (non-hydrogen) atoms. The van der Waals surface area contributed by atoms with Gasteiger partial charge in [0.25, 0.3) is 5.78 Å². The van der Waals surface area contributed by atoms with Crippen LogP contribution in [0.25, 0.3) is 16.9 Å². The van der Waals surface area contributed by atoms with E-state index in [1.54, 1.807) is 0 Å². The Hall–Kier alpha value is -2.76. The molecule has 0 aliphatic rings. The van der Waals surface area contributed by atoms with Crippen LogP contribution in [0.15, 0.2) is 18.5 Å². The highest BCUT2D eigenvalue weighted by Crippen LogP contribution is 2.38. The highest BCUT2D eigenvalue weighted by atomic mass is 35.5. The summed E-state index contributed by atoms with van der Waals surface area (Å²) in [6.07, 6.45) is 1.31. The zero-order chi connectivity index (χ0) is 22.0. The highest BCUT2D eigenvalue weighted by molar-refractivity contribution is 6.33. The first-order valence-electron chi connectivity index (χ1n) is 9.47. The lowest BCUT2D eigenvalue weighted by atomic mass is 10.0. The first-order chi connectivity index (χ1) is 14.2. The fourth-order valence-electron chi connectivity index (χ4n) is 2.74. The first-order valence-corrected chi connectivity index (χ1v) is 9.85. The summed E-state index contributed by atoms with van der Waals surface area (Å²) in [7, 11) is 3.72. The van der Waals surface area contributed by atoms with Crippen LogP contribution >= 0.6 is 11.6 Å². The fourth-order valence-corrected chi connectivity index (χ4v) is 3.00. The maximum Gasteiger partial charge on any atom is 0.255 e. The molecule has 1 aromatic carbocycles. The second-order valence-corrected chi connectivity index (χ2v) is 7.99. The van der Waals surface area contributed by atoms with E-state index < -0.39 is 11.6 Å². The third-order valence-corrected chi connectivity index (χ3v) is 4.94. The number of nitrogens with one attached hydrogen (secondary N) is 1. The largest absolute Gasteiger partial charge is 0.367 e. The van der Waals surface area contributed by atoms with Crippen molar-refractivity contribution < 1.29 is 8.78 Å². The number of hydrogen-bond donors (Lipinski definition) is 1. The number of rotatable bonds is 5. The molecule has 6 nitrogen and oxygen atoms in total. The average Bonchev–Trinajstić information content (AvgIpc) is 3.10. The number of hydrogen-bond acceptors (Lipinski definition) is 5. The van der Waals surface area contributed by atoms with Crippen LogP contribution in [0.2, 0.25) is 5.15 Å². The Balaban J connectivity index is 2.18. The molecule has 0 spiro atoms. The highest BCUT2D eigenvalue weighted by Gasteiger charge is 2.25. The van der Waals surface area contributed by atoms with Crippen molar-refractivity contribution >= 4 is 23.2 Å². The Morgan fingerprint density at radius 3 is 2.43 bits per heavy atom. The maximum atomic E-state index is 15.1. The van der Waals surface area contributed by atoms with Gasteiger partial charge in [-0.1, -0.05) is 37.3 Å². The SMILES string of the molecule is CC(C)C(C)Nc1c(-c2c(F)cc(C#CCN(C)C)cc2F)c(Cl)nc2ncnn12. The first kappa shape index (κ1) is 21.9. The van der Waals surface area contributed by atoms with Crippen LogP contribution in [0.1, 0.15) is 26.3 Å². The van der Waals surface area contributed by atoms with Crippen LogP contribution in [0, 0.1) is 29.4 Å². The number of fused-ring (bicyclic) bond motifs is 1. The molecule has 0 aliphatic heterocycles. The van der Waals surface area contributed by atoms with Crippen molar-refractivity contribution in [2.75, 3.05) is 26.0 Å². The molecule has 2 heterocycles. The maximum absolute atomic E-state index is 15.1. The molecule has 2 aromatic heterocycles. The van der Waals surface area contributed by atoms with Gasteiger partial charge in [-0.3, -0.25) is 4.90 Å². The smallest absolute Gasteiger partial charge is 0.255 e. The zero-order valence-electron chi connectivity index (χ0n) is 17.5. The van der Waals surface area contributed by atoms with Crippen molar-refractivity contribution in [3.05, 3.63) is 40.8 Å². The summed E-state index contributed by atoms with van der Waals surface area (Å²) >= 11 is 6.37. The number of anilines is 1. The molecule has 0 saturated carbocycles. The molecule has 1 atom stereocenters. The molecule has 3 aromatic rings. The average molecular weight is 433 g/mol. The van der Waals surface area contributed by atoms with Crippen LogP contribution < -0.4 is 5.32 Å². The van der Waals surface area contributed by atoms with E-state index in [1.165, 1.54) is 23.0 Å². The Morgan fingerprint density at radius 2 is 1.83 bits per heavy atom. The van der Waals surface area contributed by atoms with Crippen molar-refractivity contribution in [1.82, 2.24) is 24.5 Å². The minimum absolute atomic E-state index is 0.0306. The quantitative estimate of drug-likeness (QED) is 0.486. The second-order valence-electron chi connectivity index (χ2n) is 7.63. The number of nitrogens with zero attached hydrogens (tertiary/aromatic N) is 5. The van der Waals surface area contributed by atoms with Crippen LogP contribution in [0.5, 0.6) is 0 Å². The number of benzene rings is 1. The summed E-state index contributed by atoms with van der Waals surface area (Å²) in [5.74, 6) is 4.87. The molecule has 1 N–H and O–H groups in total. The van der Waals surface area contributed by atoms with E-state index in [4.69, 9.17) is 11.6 Å². The molecule has 0 radical (unpaired) electrons. The number of halogens is 3. The molecule has 3 rings (SSSR count). The van der Waals surface area contributed by atoms with Crippen LogP contribution in [-0.4, -0.2) is 51.2 Å². The fraction of sp³-hybridized carbons (Fsp3) is 0.381. The van der Waals surface area contributed by atoms with Gasteiger partial charge >= 0.3 is 0 Å². The molecular formula is C21H23ClF2N6. The standard InChI is InChI=1S/C21H23ClF2N6/c1-12(2)13(3)27-20-18(19(22)28-21-25-11-26-30(20)21)17-15(23)9-14(10-16(17)24)7-6-8-29(4)5/h9-13,27H,8H2,1-5H3. The minimum atomic E-state index is -0.785. The van der Waals surface area contributed by atoms with Crippen LogP contribution in [-0.2, 0) is 0 Å². The van der Waals surface area contributed by atoms with Gasteiger partial charge in [-0.25, -0.2) is 8.78 Å². The predicted octanol–water partition coefficient (Wildman–Crippen LogP) is 4.09. The summed E-state index contributed by atoms with van der Waals surface area (Å²) in [6, 6.07) is 2.36. The van der Waals surface area contributed by atoms with E-state index in [2.05, 4.69) is 32.2 Å². The molecule has 0 fully saturated rings. The van der Waals surface area contributed by atoms with E-state index in [-0.39, 0.29) is 39.6 Å². The Morgan fingerprint density at radius 1 is 1.17 bits per heavy atom. The van der Waals surface area contributed by atoms with Crippen molar-refractivity contribution in [2.45, 2.75) is 26.8 Å². The van der Waals surface area contributed by atoms with Gasteiger partial charge in [0.05, 0.1) is 17.7 Å². The van der Waals surface area contributed by atoms with Gasteiger partial charge in [0.15, 0.2) is 0 Å². The second kappa shape index (κ2) is 8.94. The zero-order valence-corrected chi connectivity index (χ0v) is 18.2. The van der Waals surface area contributed by atoms with Crippen LogP contribution in [0.4, 0.5) is 14.6 Å². The van der Waals surface area contributed by atoms with Gasteiger partial charge in [-0.2, -0.15) is 19.6 Å². The van der Waals surface area contributed by atoms with Crippen molar-refractivity contribution in [2.24, 2.45) is 5.92 Å². The van der Waals surface area contributed by atoms with Crippen molar-refractivity contribution in [3.8, 4) is 23.0 Å². The summed E-state index contributed by atoms with van der Waals surface area (Å²) in [5.41, 5.74) is 0.0399. The predicted molar refractivity (Wildman–Crippen MR) is 114 cm³/mol. The van der Waals surface area contributed by atoms with Gasteiger partial charge in [0.1, 0.15) is 28.9 Å². The monoisotopic (exact) mass is 432 g/mol. The lowest BCUT2D eigenvalue weighted by Gasteiger charge is -2.22. The molecule has 0 saturated heterocycles. The lowest BCUT2D eigenvalue weighted by Crippen LogP contribution is -2.24. The van der Waals surface area contributed by atoms with Gasteiger partial charge in [-0.15, -0.1) is 0 Å². The topological polar surface area (TPSA) is 58.3 Å². The Bertz CT molecular complexity index is 1110. The Kier molecular flexibility index (Phi) is 6.54. The molecule has 158 valence electrons. The molecule has 0 amide bonds. The van der Waals surface area contributed by atoms with E-state index in [1.807, 2.05) is 39.8 Å². The molecule has 9 heteroatoms. The summed E-state index contributed by atoms with van der Waals surface area (Å²) < 4.78 is 31.6. The molecule has 1 unspecified atom stereocenters. The normalized spacial score (nSPS) is 12.3. The third kappa shape index (κ3) is 4.53. The van der Waals surface area contributed by atoms with Gasteiger partial charge in [0, 0.05) is 11.6 Å². The molecule has 0 aliphatic carbocycles. The Labute approximate surface area is 179 Å². The molecule has 0 bridgehead atoms. The van der Waals surface area contributed by atoms with Gasteiger partial charge in [0.2, 0.25) is 0 Å². The van der Waals surface area contributed by atoms with Crippen LogP contribution in [0.3, 0.4) is 0 Å². The summed E-state index contributed by atoms with van der Waals surface area (Å²) in [4.78, 5) is 10.0. The number of aromatic nitrogens is 4. The van der Waals surface area contributed by atoms with Crippen molar-refractivity contribution in [3.63, 3.8) is 0 Å². The summed E-state index contributed by atoms with van der Waals surface area (Å²) in [5, 5.41) is 7.33.